The van der Waals surface area contributed by atoms with Gasteiger partial charge in [0, 0.05) is 17.1 Å². The minimum absolute atomic E-state index is 0.00944. The lowest BCUT2D eigenvalue weighted by Gasteiger charge is -2.03. The lowest BCUT2D eigenvalue weighted by atomic mass is 10.1. The molecule has 1 aromatic heterocycles. The van der Waals surface area contributed by atoms with Crippen LogP contribution >= 0.6 is 0 Å². The second kappa shape index (κ2) is 3.13. The first-order valence-electron chi connectivity index (χ1n) is 4.20. The number of hydrogen-bond acceptors (Lipinski definition) is 4. The maximum Gasteiger partial charge on any atom is 0.336 e. The van der Waals surface area contributed by atoms with E-state index in [1.165, 1.54) is 6.07 Å². The van der Waals surface area contributed by atoms with Crippen molar-refractivity contribution in [3.63, 3.8) is 0 Å². The van der Waals surface area contributed by atoms with Gasteiger partial charge in [0.2, 0.25) is 5.88 Å². The zero-order chi connectivity index (χ0) is 11.0. The van der Waals surface area contributed by atoms with Crippen LogP contribution < -0.4 is 5.73 Å². The lowest BCUT2D eigenvalue weighted by molar-refractivity contribution is 0.0698. The third-order valence-corrected chi connectivity index (χ3v) is 2.05. The summed E-state index contributed by atoms with van der Waals surface area (Å²) in [5.41, 5.74) is 6.40. The molecule has 0 bridgehead atoms. The molecule has 0 fully saturated rings. The Bertz CT molecular complexity index is 552. The smallest absolute Gasteiger partial charge is 0.336 e. The predicted octanol–water partition coefficient (Wildman–Crippen LogP) is 1.22. The summed E-state index contributed by atoms with van der Waals surface area (Å²) in [4.78, 5) is 14.7. The first kappa shape index (κ1) is 9.26. The summed E-state index contributed by atoms with van der Waals surface area (Å²) < 4.78 is 0. The van der Waals surface area contributed by atoms with E-state index in [4.69, 9.17) is 10.8 Å². The van der Waals surface area contributed by atoms with Gasteiger partial charge in [0.15, 0.2) is 0 Å². The number of carbonyl (C=O) groups is 1. The zero-order valence-corrected chi connectivity index (χ0v) is 7.64. The van der Waals surface area contributed by atoms with Crippen molar-refractivity contribution < 1.29 is 15.0 Å². The lowest BCUT2D eigenvalue weighted by Crippen LogP contribution is -1.99. The first-order chi connectivity index (χ1) is 7.08. The number of fused-ring (bicyclic) bond motifs is 1. The van der Waals surface area contributed by atoms with Gasteiger partial charge in [-0.3, -0.25) is 0 Å². The standard InChI is InChI=1S/C10H8N2O3/c11-5-1-2-8-6(3-5)7(10(14)15)4-9(13)12-8/h1-4H,11H2,(H,12,13)(H,14,15). The van der Waals surface area contributed by atoms with Gasteiger partial charge < -0.3 is 15.9 Å². The summed E-state index contributed by atoms with van der Waals surface area (Å²) in [7, 11) is 0. The number of rotatable bonds is 1. The van der Waals surface area contributed by atoms with Crippen LogP contribution in [0.25, 0.3) is 10.9 Å². The zero-order valence-electron chi connectivity index (χ0n) is 7.64. The maximum atomic E-state index is 10.9. The van der Waals surface area contributed by atoms with Crippen LogP contribution in [0.15, 0.2) is 24.3 Å². The van der Waals surface area contributed by atoms with Crippen LogP contribution in [0.3, 0.4) is 0 Å². The maximum absolute atomic E-state index is 10.9. The van der Waals surface area contributed by atoms with Gasteiger partial charge >= 0.3 is 5.97 Å². The highest BCUT2D eigenvalue weighted by Gasteiger charge is 2.11. The van der Waals surface area contributed by atoms with Gasteiger partial charge in [-0.25, -0.2) is 9.78 Å². The van der Waals surface area contributed by atoms with Gasteiger partial charge in [0.25, 0.3) is 0 Å². The SMILES string of the molecule is Nc1ccc2nc(O)cc(C(=O)O)c2c1. The third-order valence-electron chi connectivity index (χ3n) is 2.05. The summed E-state index contributed by atoms with van der Waals surface area (Å²) in [5, 5.41) is 18.6. The third kappa shape index (κ3) is 1.54. The number of nitrogen functional groups attached to an aromatic ring is 1. The summed E-state index contributed by atoms with van der Waals surface area (Å²) >= 11 is 0. The van der Waals surface area contributed by atoms with Crippen LogP contribution in [-0.4, -0.2) is 21.2 Å². The molecule has 76 valence electrons. The van der Waals surface area contributed by atoms with Gasteiger partial charge in [0.1, 0.15) is 0 Å². The van der Waals surface area contributed by atoms with E-state index in [0.29, 0.717) is 16.6 Å². The fourth-order valence-corrected chi connectivity index (χ4v) is 1.41. The molecule has 0 aliphatic rings. The van der Waals surface area contributed by atoms with E-state index in [-0.39, 0.29) is 11.4 Å². The molecule has 4 N–H and O–H groups in total. The molecule has 2 rings (SSSR count). The molecule has 0 atom stereocenters. The molecule has 0 spiro atoms. The summed E-state index contributed by atoms with van der Waals surface area (Å²) in [6.07, 6.45) is 0. The van der Waals surface area contributed by atoms with Crippen molar-refractivity contribution in [3.05, 3.63) is 29.8 Å². The van der Waals surface area contributed by atoms with Crippen LogP contribution in [0.2, 0.25) is 0 Å². The summed E-state index contributed by atoms with van der Waals surface area (Å²) in [6, 6.07) is 5.78. The molecule has 15 heavy (non-hydrogen) atoms. The number of hydrogen-bond donors (Lipinski definition) is 3. The van der Waals surface area contributed by atoms with Crippen molar-refractivity contribution >= 4 is 22.6 Å². The Labute approximate surface area is 84.8 Å². The molecular weight excluding hydrogens is 196 g/mol. The molecule has 1 aromatic carbocycles. The molecule has 1 heterocycles. The van der Waals surface area contributed by atoms with E-state index < -0.39 is 5.97 Å². The number of nitrogens with two attached hydrogens (primary N) is 1. The van der Waals surface area contributed by atoms with Gasteiger partial charge in [-0.15, -0.1) is 0 Å². The highest BCUT2D eigenvalue weighted by molar-refractivity contribution is 6.03. The van der Waals surface area contributed by atoms with E-state index in [1.54, 1.807) is 12.1 Å². The molecular formula is C10H8N2O3. The number of anilines is 1. The van der Waals surface area contributed by atoms with Crippen molar-refractivity contribution in [1.82, 2.24) is 4.98 Å². The van der Waals surface area contributed by atoms with Crippen LogP contribution in [0.1, 0.15) is 10.4 Å². The van der Waals surface area contributed by atoms with Crippen molar-refractivity contribution in [2.75, 3.05) is 5.73 Å². The van der Waals surface area contributed by atoms with E-state index in [2.05, 4.69) is 4.98 Å². The largest absolute Gasteiger partial charge is 0.493 e. The van der Waals surface area contributed by atoms with Gasteiger partial charge in [-0.2, -0.15) is 0 Å². The quantitative estimate of drug-likeness (QED) is 0.607. The predicted molar refractivity (Wildman–Crippen MR) is 54.8 cm³/mol. The fourth-order valence-electron chi connectivity index (χ4n) is 1.41. The molecule has 0 saturated heterocycles. The first-order valence-corrected chi connectivity index (χ1v) is 4.20. The van der Waals surface area contributed by atoms with Crippen LogP contribution in [0.5, 0.6) is 5.88 Å². The van der Waals surface area contributed by atoms with Crippen molar-refractivity contribution in [2.24, 2.45) is 0 Å². The van der Waals surface area contributed by atoms with E-state index in [1.807, 2.05) is 0 Å². The average Bonchev–Trinajstić information content (AvgIpc) is 2.17. The minimum atomic E-state index is -1.12. The highest BCUT2D eigenvalue weighted by Crippen LogP contribution is 2.23. The van der Waals surface area contributed by atoms with Crippen molar-refractivity contribution in [1.29, 1.82) is 0 Å². The van der Waals surface area contributed by atoms with Gasteiger partial charge in [-0.1, -0.05) is 0 Å². The second-order valence-corrected chi connectivity index (χ2v) is 3.11. The number of aromatic hydroxyl groups is 1. The number of carboxylic acids is 1. The normalized spacial score (nSPS) is 10.4. The Morgan fingerprint density at radius 3 is 2.73 bits per heavy atom. The topological polar surface area (TPSA) is 96.4 Å². The average molecular weight is 204 g/mol. The minimum Gasteiger partial charge on any atom is -0.493 e. The highest BCUT2D eigenvalue weighted by atomic mass is 16.4. The van der Waals surface area contributed by atoms with Crippen molar-refractivity contribution in [2.45, 2.75) is 0 Å². The molecule has 0 unspecified atom stereocenters. The Kier molecular flexibility index (Phi) is 1.93. The van der Waals surface area contributed by atoms with Crippen LogP contribution in [0, 0.1) is 0 Å². The number of benzene rings is 1. The fraction of sp³-hybridized carbons (Fsp3) is 0. The monoisotopic (exact) mass is 204 g/mol. The number of aromatic carboxylic acids is 1. The number of nitrogens with zero attached hydrogens (tertiary/aromatic N) is 1. The molecule has 5 nitrogen and oxygen atoms in total. The summed E-state index contributed by atoms with van der Waals surface area (Å²) in [6.45, 7) is 0. The molecule has 0 aliphatic heterocycles. The van der Waals surface area contributed by atoms with Gasteiger partial charge in [-0.05, 0) is 18.2 Å². The molecule has 0 amide bonds. The van der Waals surface area contributed by atoms with E-state index >= 15 is 0 Å². The molecule has 0 saturated carbocycles. The van der Waals surface area contributed by atoms with E-state index in [9.17, 15) is 9.90 Å². The molecule has 0 radical (unpaired) electrons. The van der Waals surface area contributed by atoms with Crippen LogP contribution in [-0.2, 0) is 0 Å². The number of aromatic nitrogens is 1. The second-order valence-electron chi connectivity index (χ2n) is 3.11. The molecule has 2 aromatic rings. The van der Waals surface area contributed by atoms with E-state index in [0.717, 1.165) is 6.07 Å². The number of pyridine rings is 1. The summed E-state index contributed by atoms with van der Waals surface area (Å²) in [5.74, 6) is -1.44. The Hall–Kier alpha value is -2.30. The molecule has 5 heteroatoms. The Morgan fingerprint density at radius 2 is 2.07 bits per heavy atom. The van der Waals surface area contributed by atoms with Crippen LogP contribution in [0.4, 0.5) is 5.69 Å². The Morgan fingerprint density at radius 1 is 1.33 bits per heavy atom. The number of carboxylic acid groups (broad SMARTS) is 1. The van der Waals surface area contributed by atoms with Crippen molar-refractivity contribution in [3.8, 4) is 5.88 Å². The van der Waals surface area contributed by atoms with Gasteiger partial charge in [0.05, 0.1) is 11.1 Å². The molecule has 0 aliphatic carbocycles. The Balaban J connectivity index is 2.87.